The van der Waals surface area contributed by atoms with Crippen LogP contribution < -0.4 is 14.8 Å². The van der Waals surface area contributed by atoms with Gasteiger partial charge in [0.15, 0.2) is 0 Å². The molecule has 154 valence electrons. The van der Waals surface area contributed by atoms with Crippen LogP contribution in [0.15, 0.2) is 48.7 Å². The Morgan fingerprint density at radius 3 is 2.69 bits per heavy atom. The number of hydrogen-bond donors (Lipinski definition) is 1. The van der Waals surface area contributed by atoms with Crippen LogP contribution in [-0.4, -0.2) is 54.0 Å². The topological polar surface area (TPSA) is 80.8 Å². The van der Waals surface area contributed by atoms with E-state index in [1.807, 2.05) is 30.3 Å². The van der Waals surface area contributed by atoms with Gasteiger partial charge >= 0.3 is 0 Å². The Balaban J connectivity index is 1.44. The molecule has 0 unspecified atom stereocenters. The van der Waals surface area contributed by atoms with E-state index in [1.54, 1.807) is 17.0 Å². The van der Waals surface area contributed by atoms with Gasteiger partial charge in [-0.25, -0.2) is 4.98 Å². The average Bonchev–Trinajstić information content (AvgIpc) is 3.06. The van der Waals surface area contributed by atoms with Crippen molar-refractivity contribution in [2.75, 3.05) is 26.3 Å². The number of pyridine rings is 1. The van der Waals surface area contributed by atoms with Gasteiger partial charge in [-0.1, -0.05) is 32.0 Å². The Labute approximate surface area is 171 Å². The van der Waals surface area contributed by atoms with Crippen molar-refractivity contribution in [3.8, 4) is 11.6 Å². The van der Waals surface area contributed by atoms with Crippen molar-refractivity contribution < 1.29 is 19.1 Å². The van der Waals surface area contributed by atoms with E-state index in [-0.39, 0.29) is 17.9 Å². The Morgan fingerprint density at radius 1 is 1.21 bits per heavy atom. The summed E-state index contributed by atoms with van der Waals surface area (Å²) in [5.41, 5.74) is 0.445. The molecule has 1 aromatic carbocycles. The highest BCUT2D eigenvalue weighted by atomic mass is 16.5. The van der Waals surface area contributed by atoms with Gasteiger partial charge in [0.1, 0.15) is 12.4 Å². The van der Waals surface area contributed by atoms with Crippen LogP contribution in [0, 0.1) is 5.92 Å². The molecule has 7 nitrogen and oxygen atoms in total. The minimum atomic E-state index is -0.243. The van der Waals surface area contributed by atoms with Crippen molar-refractivity contribution in [2.45, 2.75) is 26.3 Å². The third-order valence-corrected chi connectivity index (χ3v) is 4.49. The summed E-state index contributed by atoms with van der Waals surface area (Å²) >= 11 is 0. The van der Waals surface area contributed by atoms with E-state index < -0.39 is 0 Å². The third kappa shape index (κ3) is 6.20. The standard InChI is InChI=1S/C22H27N3O4/c1-16(2)15-29-20-9-8-17(13-23-20)22(27)24-18-12-21(26)25(14-18)10-11-28-19-6-4-3-5-7-19/h3-9,13,16,18H,10-12,14-15H2,1-2H3,(H,24,27)/t18-/m0/s1. The molecule has 7 heteroatoms. The second kappa shape index (κ2) is 9.91. The molecule has 2 heterocycles. The molecule has 0 saturated carbocycles. The zero-order valence-corrected chi connectivity index (χ0v) is 16.8. The van der Waals surface area contributed by atoms with Crippen LogP contribution in [0.1, 0.15) is 30.6 Å². The number of ether oxygens (including phenoxy) is 2. The molecule has 3 rings (SSSR count). The van der Waals surface area contributed by atoms with Gasteiger partial charge in [-0.3, -0.25) is 9.59 Å². The first-order valence-corrected chi connectivity index (χ1v) is 9.86. The molecule has 0 radical (unpaired) electrons. The third-order valence-electron chi connectivity index (χ3n) is 4.49. The van der Waals surface area contributed by atoms with Crippen molar-refractivity contribution in [1.82, 2.24) is 15.2 Å². The summed E-state index contributed by atoms with van der Waals surface area (Å²) in [6, 6.07) is 12.6. The molecule has 1 aromatic heterocycles. The van der Waals surface area contributed by atoms with E-state index in [1.165, 1.54) is 6.20 Å². The largest absolute Gasteiger partial charge is 0.492 e. The van der Waals surface area contributed by atoms with E-state index in [4.69, 9.17) is 9.47 Å². The number of carbonyl (C=O) groups excluding carboxylic acids is 2. The maximum absolute atomic E-state index is 12.4. The first kappa shape index (κ1) is 20.6. The molecule has 2 aromatic rings. The monoisotopic (exact) mass is 397 g/mol. The van der Waals surface area contributed by atoms with Crippen molar-refractivity contribution in [1.29, 1.82) is 0 Å². The molecule has 1 atom stereocenters. The van der Waals surface area contributed by atoms with Crippen LogP contribution >= 0.6 is 0 Å². The number of nitrogens with zero attached hydrogens (tertiary/aromatic N) is 2. The van der Waals surface area contributed by atoms with Crippen LogP contribution in [0.3, 0.4) is 0 Å². The van der Waals surface area contributed by atoms with Gasteiger partial charge in [0, 0.05) is 25.2 Å². The lowest BCUT2D eigenvalue weighted by molar-refractivity contribution is -0.128. The predicted octanol–water partition coefficient (Wildman–Crippen LogP) is 2.53. The summed E-state index contributed by atoms with van der Waals surface area (Å²) in [5, 5.41) is 2.91. The fraction of sp³-hybridized carbons (Fsp3) is 0.409. The summed E-state index contributed by atoms with van der Waals surface area (Å²) in [6.07, 6.45) is 1.79. The summed E-state index contributed by atoms with van der Waals surface area (Å²) in [4.78, 5) is 30.5. The highest BCUT2D eigenvalue weighted by Crippen LogP contribution is 2.14. The van der Waals surface area contributed by atoms with Crippen molar-refractivity contribution in [2.24, 2.45) is 5.92 Å². The van der Waals surface area contributed by atoms with Gasteiger partial charge in [0.2, 0.25) is 11.8 Å². The highest BCUT2D eigenvalue weighted by molar-refractivity contribution is 5.94. The number of para-hydroxylation sites is 1. The van der Waals surface area contributed by atoms with E-state index in [2.05, 4.69) is 24.1 Å². The number of nitrogens with one attached hydrogen (secondary N) is 1. The van der Waals surface area contributed by atoms with Gasteiger partial charge in [0.05, 0.1) is 24.8 Å². The Morgan fingerprint density at radius 2 is 2.00 bits per heavy atom. The minimum Gasteiger partial charge on any atom is -0.492 e. The molecular weight excluding hydrogens is 370 g/mol. The number of rotatable bonds is 9. The summed E-state index contributed by atoms with van der Waals surface area (Å²) in [5.74, 6) is 1.45. The number of hydrogen-bond acceptors (Lipinski definition) is 5. The second-order valence-electron chi connectivity index (χ2n) is 7.47. The summed E-state index contributed by atoms with van der Waals surface area (Å²) < 4.78 is 11.2. The number of aromatic nitrogens is 1. The molecule has 1 fully saturated rings. The number of amides is 2. The van der Waals surface area contributed by atoms with Crippen LogP contribution in [0.5, 0.6) is 11.6 Å². The Hall–Kier alpha value is -3.09. The molecule has 1 N–H and O–H groups in total. The lowest BCUT2D eigenvalue weighted by atomic mass is 10.2. The molecule has 29 heavy (non-hydrogen) atoms. The van der Waals surface area contributed by atoms with Crippen molar-refractivity contribution >= 4 is 11.8 Å². The minimum absolute atomic E-state index is 0.0162. The molecule has 1 aliphatic heterocycles. The van der Waals surface area contributed by atoms with Crippen molar-refractivity contribution in [3.63, 3.8) is 0 Å². The lowest BCUT2D eigenvalue weighted by Crippen LogP contribution is -2.38. The van der Waals surface area contributed by atoms with Crippen LogP contribution in [0.2, 0.25) is 0 Å². The van der Waals surface area contributed by atoms with Crippen molar-refractivity contribution in [3.05, 3.63) is 54.2 Å². The summed E-state index contributed by atoms with van der Waals surface area (Å²) in [6.45, 7) is 6.07. The molecule has 2 amide bonds. The second-order valence-corrected chi connectivity index (χ2v) is 7.47. The lowest BCUT2D eigenvalue weighted by Gasteiger charge is -2.17. The molecular formula is C22H27N3O4. The molecule has 0 spiro atoms. The maximum Gasteiger partial charge on any atom is 0.253 e. The maximum atomic E-state index is 12.4. The van der Waals surface area contributed by atoms with E-state index >= 15 is 0 Å². The SMILES string of the molecule is CC(C)COc1ccc(C(=O)N[C@H]2CC(=O)N(CCOc3ccccc3)C2)cn1. The number of carbonyl (C=O) groups is 2. The van der Waals surface area contributed by atoms with Crippen LogP contribution in [0.4, 0.5) is 0 Å². The van der Waals surface area contributed by atoms with E-state index in [0.717, 1.165) is 5.75 Å². The zero-order chi connectivity index (χ0) is 20.6. The normalized spacial score (nSPS) is 16.2. The zero-order valence-electron chi connectivity index (χ0n) is 16.8. The number of likely N-dealkylation sites (tertiary alicyclic amines) is 1. The summed E-state index contributed by atoms with van der Waals surface area (Å²) in [7, 11) is 0. The fourth-order valence-electron chi connectivity index (χ4n) is 3.00. The van der Waals surface area contributed by atoms with E-state index in [9.17, 15) is 9.59 Å². The smallest absolute Gasteiger partial charge is 0.253 e. The Kier molecular flexibility index (Phi) is 7.05. The van der Waals surface area contributed by atoms with E-state index in [0.29, 0.717) is 50.1 Å². The van der Waals surface area contributed by atoms with Gasteiger partial charge in [-0.05, 0) is 24.1 Å². The van der Waals surface area contributed by atoms with Gasteiger partial charge < -0.3 is 19.7 Å². The molecule has 0 bridgehead atoms. The quantitative estimate of drug-likeness (QED) is 0.703. The van der Waals surface area contributed by atoms with Gasteiger partial charge in [-0.2, -0.15) is 0 Å². The molecule has 1 saturated heterocycles. The first-order valence-electron chi connectivity index (χ1n) is 9.86. The van der Waals surface area contributed by atoms with Crippen LogP contribution in [-0.2, 0) is 4.79 Å². The molecule has 0 aliphatic carbocycles. The average molecular weight is 397 g/mol. The molecule has 1 aliphatic rings. The first-order chi connectivity index (χ1) is 14.0. The Bertz CT molecular complexity index is 809. The van der Waals surface area contributed by atoms with Crippen LogP contribution in [0.25, 0.3) is 0 Å². The fourth-order valence-corrected chi connectivity index (χ4v) is 3.00. The highest BCUT2D eigenvalue weighted by Gasteiger charge is 2.30. The van der Waals surface area contributed by atoms with Gasteiger partial charge in [0.25, 0.3) is 5.91 Å². The number of benzene rings is 1. The van der Waals surface area contributed by atoms with Gasteiger partial charge in [-0.15, -0.1) is 0 Å². The predicted molar refractivity (Wildman–Crippen MR) is 109 cm³/mol.